The highest BCUT2D eigenvalue weighted by Gasteiger charge is 2.23. The molecule has 0 aromatic carbocycles. The summed E-state index contributed by atoms with van der Waals surface area (Å²) in [6.07, 6.45) is 2.09. The first-order chi connectivity index (χ1) is 7.27. The Balaban J connectivity index is 0.00000128. The van der Waals surface area contributed by atoms with Gasteiger partial charge in [0.05, 0.1) is 18.1 Å². The van der Waals surface area contributed by atoms with Crippen LogP contribution in [0.15, 0.2) is 18.3 Å². The number of rotatable bonds is 3. The van der Waals surface area contributed by atoms with Gasteiger partial charge in [0.1, 0.15) is 6.10 Å². The van der Waals surface area contributed by atoms with Crippen molar-refractivity contribution in [2.45, 2.75) is 12.5 Å². The minimum absolute atomic E-state index is 0. The first kappa shape index (κ1) is 12.7. The second-order valence-corrected chi connectivity index (χ2v) is 3.19. The van der Waals surface area contributed by atoms with Gasteiger partial charge in [-0.15, -0.1) is 0 Å². The van der Waals surface area contributed by atoms with Gasteiger partial charge in [0, 0.05) is 18.7 Å². The minimum atomic E-state index is -0.502. The summed E-state index contributed by atoms with van der Waals surface area (Å²) in [6.45, 7) is 1.10. The first-order valence-electron chi connectivity index (χ1n) is 4.61. The molecule has 0 radical (unpaired) electrons. The molecule has 1 aliphatic rings. The van der Waals surface area contributed by atoms with Crippen LogP contribution in [-0.4, -0.2) is 29.2 Å². The summed E-state index contributed by atoms with van der Waals surface area (Å²) in [5.41, 5.74) is -0.107. The van der Waals surface area contributed by atoms with Crippen LogP contribution in [0.1, 0.15) is 6.42 Å². The minimum Gasteiger partial charge on any atom is -0.467 e. The predicted molar refractivity (Wildman–Crippen MR) is 61.1 cm³/mol. The van der Waals surface area contributed by atoms with E-state index in [-0.39, 0.29) is 31.2 Å². The van der Waals surface area contributed by atoms with E-state index >= 15 is 0 Å². The Morgan fingerprint density at radius 3 is 3.06 bits per heavy atom. The Bertz CT molecular complexity index is 368. The zero-order valence-electron chi connectivity index (χ0n) is 8.46. The van der Waals surface area contributed by atoms with Gasteiger partial charge in [-0.05, 0) is 6.07 Å². The van der Waals surface area contributed by atoms with E-state index in [0.717, 1.165) is 6.42 Å². The second kappa shape index (κ2) is 5.66. The van der Waals surface area contributed by atoms with Crippen molar-refractivity contribution < 1.29 is 14.4 Å². The van der Waals surface area contributed by atoms with Crippen molar-refractivity contribution in [3.63, 3.8) is 0 Å². The molecule has 6 nitrogen and oxygen atoms in total. The lowest BCUT2D eigenvalue weighted by Crippen LogP contribution is -2.17. The molecule has 0 saturated carbocycles. The number of nitrogens with zero attached hydrogens (tertiary/aromatic N) is 2. The molecule has 0 spiro atoms. The third-order valence-corrected chi connectivity index (χ3v) is 2.11. The highest BCUT2D eigenvalue weighted by atomic mass is 32.1. The molecule has 0 aliphatic carbocycles. The molecular formula is C9H12N2O4S. The predicted octanol–water partition coefficient (Wildman–Crippen LogP) is 1.27. The van der Waals surface area contributed by atoms with Crippen molar-refractivity contribution in [2.24, 2.45) is 0 Å². The molecule has 1 aromatic heterocycles. The number of aromatic nitrogens is 1. The van der Waals surface area contributed by atoms with Gasteiger partial charge in [-0.2, -0.15) is 13.5 Å². The smallest absolute Gasteiger partial charge is 0.330 e. The highest BCUT2D eigenvalue weighted by molar-refractivity contribution is 7.59. The van der Waals surface area contributed by atoms with Crippen molar-refractivity contribution in [2.75, 3.05) is 13.2 Å². The van der Waals surface area contributed by atoms with Crippen molar-refractivity contribution in [1.82, 2.24) is 4.98 Å². The van der Waals surface area contributed by atoms with Crippen LogP contribution >= 0.6 is 13.5 Å². The highest BCUT2D eigenvalue weighted by Crippen LogP contribution is 2.25. The van der Waals surface area contributed by atoms with Crippen LogP contribution in [0.2, 0.25) is 0 Å². The largest absolute Gasteiger partial charge is 0.467 e. The van der Waals surface area contributed by atoms with Gasteiger partial charge in [-0.3, -0.25) is 10.1 Å². The molecular weight excluding hydrogens is 232 g/mol. The molecule has 16 heavy (non-hydrogen) atoms. The molecule has 1 fully saturated rings. The maximum Gasteiger partial charge on any atom is 0.330 e. The monoisotopic (exact) mass is 244 g/mol. The standard InChI is InChI=1S/C9H10N2O4.H2S/c12-11(13)8-2-1-4-10-9(8)15-7-3-5-14-6-7;/h1-2,4,7H,3,5-6H2;1H2/t7-;/m0./s1. The van der Waals surface area contributed by atoms with Crippen LogP contribution in [-0.2, 0) is 4.74 Å². The van der Waals surface area contributed by atoms with Gasteiger partial charge >= 0.3 is 5.69 Å². The Hall–Kier alpha value is -1.34. The zero-order chi connectivity index (χ0) is 10.7. The molecule has 0 unspecified atom stereocenters. The van der Waals surface area contributed by atoms with Crippen LogP contribution in [0.5, 0.6) is 5.88 Å². The molecule has 1 saturated heterocycles. The number of nitro groups is 1. The molecule has 2 rings (SSSR count). The van der Waals surface area contributed by atoms with E-state index in [9.17, 15) is 10.1 Å². The average molecular weight is 244 g/mol. The third kappa shape index (κ3) is 2.83. The summed E-state index contributed by atoms with van der Waals surface area (Å²) in [4.78, 5) is 14.0. The van der Waals surface area contributed by atoms with E-state index < -0.39 is 4.92 Å². The SMILES string of the molecule is O=[N+]([O-])c1cccnc1O[C@H]1CCOC1.S. The molecule has 2 heterocycles. The summed E-state index contributed by atoms with van der Waals surface area (Å²) < 4.78 is 10.5. The van der Waals surface area contributed by atoms with Crippen LogP contribution < -0.4 is 4.74 Å². The summed E-state index contributed by atoms with van der Waals surface area (Å²) >= 11 is 0. The van der Waals surface area contributed by atoms with E-state index in [4.69, 9.17) is 9.47 Å². The fraction of sp³-hybridized carbons (Fsp3) is 0.444. The van der Waals surface area contributed by atoms with E-state index in [2.05, 4.69) is 4.98 Å². The first-order valence-corrected chi connectivity index (χ1v) is 4.61. The lowest BCUT2D eigenvalue weighted by molar-refractivity contribution is -0.386. The normalized spacial score (nSPS) is 18.9. The molecule has 0 bridgehead atoms. The zero-order valence-corrected chi connectivity index (χ0v) is 9.46. The molecule has 0 amide bonds. The summed E-state index contributed by atoms with van der Waals surface area (Å²) in [6, 6.07) is 2.88. The molecule has 1 aliphatic heterocycles. The van der Waals surface area contributed by atoms with Gasteiger partial charge in [0.15, 0.2) is 0 Å². The Kier molecular flexibility index (Phi) is 4.51. The van der Waals surface area contributed by atoms with Crippen LogP contribution in [0.4, 0.5) is 5.69 Å². The lowest BCUT2D eigenvalue weighted by atomic mass is 10.3. The van der Waals surface area contributed by atoms with E-state index in [0.29, 0.717) is 13.2 Å². The van der Waals surface area contributed by atoms with Crippen LogP contribution in [0.3, 0.4) is 0 Å². The van der Waals surface area contributed by atoms with E-state index in [1.54, 1.807) is 0 Å². The van der Waals surface area contributed by atoms with Crippen molar-refractivity contribution in [1.29, 1.82) is 0 Å². The van der Waals surface area contributed by atoms with Crippen molar-refractivity contribution in [3.8, 4) is 5.88 Å². The topological polar surface area (TPSA) is 74.5 Å². The number of hydrogen-bond acceptors (Lipinski definition) is 5. The summed E-state index contributed by atoms with van der Waals surface area (Å²) in [5, 5.41) is 10.6. The fourth-order valence-corrected chi connectivity index (χ4v) is 1.38. The van der Waals surface area contributed by atoms with Crippen LogP contribution in [0.25, 0.3) is 0 Å². The van der Waals surface area contributed by atoms with Crippen LogP contribution in [0, 0.1) is 10.1 Å². The van der Waals surface area contributed by atoms with Gasteiger partial charge in [-0.1, -0.05) is 0 Å². The molecule has 88 valence electrons. The van der Waals surface area contributed by atoms with Gasteiger partial charge in [0.25, 0.3) is 5.88 Å². The van der Waals surface area contributed by atoms with E-state index in [1.165, 1.54) is 18.3 Å². The van der Waals surface area contributed by atoms with Crippen molar-refractivity contribution in [3.05, 3.63) is 28.4 Å². The number of ether oxygens (including phenoxy) is 2. The Morgan fingerprint density at radius 1 is 1.62 bits per heavy atom. The fourth-order valence-electron chi connectivity index (χ4n) is 1.38. The van der Waals surface area contributed by atoms with Gasteiger partial charge < -0.3 is 9.47 Å². The summed E-state index contributed by atoms with van der Waals surface area (Å²) in [7, 11) is 0. The van der Waals surface area contributed by atoms with Crippen molar-refractivity contribution >= 4 is 19.2 Å². The quantitative estimate of drug-likeness (QED) is 0.591. The van der Waals surface area contributed by atoms with Gasteiger partial charge in [-0.25, -0.2) is 4.98 Å². The third-order valence-electron chi connectivity index (χ3n) is 2.11. The number of pyridine rings is 1. The Labute approximate surface area is 99.2 Å². The molecule has 1 aromatic rings. The average Bonchev–Trinajstić information content (AvgIpc) is 2.71. The lowest BCUT2D eigenvalue weighted by Gasteiger charge is -2.09. The molecule has 7 heteroatoms. The maximum atomic E-state index is 10.6. The summed E-state index contributed by atoms with van der Waals surface area (Å²) in [5.74, 6) is 0.0676. The maximum absolute atomic E-state index is 10.6. The molecule has 1 atom stereocenters. The van der Waals surface area contributed by atoms with Gasteiger partial charge in [0.2, 0.25) is 0 Å². The second-order valence-electron chi connectivity index (χ2n) is 3.19. The van der Waals surface area contributed by atoms with E-state index in [1.807, 2.05) is 0 Å². The molecule has 0 N–H and O–H groups in total. The Morgan fingerprint density at radius 2 is 2.44 bits per heavy atom. The number of hydrogen-bond donors (Lipinski definition) is 0.